The molecule has 1 aromatic carbocycles. The fraction of sp³-hybridized carbons (Fsp3) is 0.375. The number of hydrogen-bond acceptors (Lipinski definition) is 3. The number of ether oxygens (including phenoxy) is 1. The van der Waals surface area contributed by atoms with E-state index in [0.717, 1.165) is 23.2 Å². The molecule has 2 aromatic rings. The maximum Gasteiger partial charge on any atom is 0.278 e. The molecule has 4 heteroatoms. The molecular weight excluding hydrogens is 252 g/mol. The molecule has 1 aromatic heterocycles. The molecular formula is C16H20N2O2. The van der Waals surface area contributed by atoms with Gasteiger partial charge in [-0.25, -0.2) is 4.68 Å². The van der Waals surface area contributed by atoms with Crippen LogP contribution in [0.25, 0.3) is 11.1 Å². The molecule has 20 heavy (non-hydrogen) atoms. The molecule has 0 aliphatic heterocycles. The summed E-state index contributed by atoms with van der Waals surface area (Å²) in [6, 6.07) is 7.85. The molecule has 0 aliphatic carbocycles. The van der Waals surface area contributed by atoms with Crippen molar-refractivity contribution < 1.29 is 4.74 Å². The number of rotatable bonds is 4. The predicted molar refractivity (Wildman–Crippen MR) is 80.2 cm³/mol. The van der Waals surface area contributed by atoms with Gasteiger partial charge < -0.3 is 4.74 Å². The minimum atomic E-state index is -0.125. The Kier molecular flexibility index (Phi) is 4.23. The first-order valence-corrected chi connectivity index (χ1v) is 6.89. The number of aryl methyl sites for hydroxylation is 3. The van der Waals surface area contributed by atoms with Crippen molar-refractivity contribution in [1.29, 1.82) is 0 Å². The van der Waals surface area contributed by atoms with Crippen LogP contribution in [0.4, 0.5) is 0 Å². The van der Waals surface area contributed by atoms with Gasteiger partial charge >= 0.3 is 0 Å². The SMILES string of the molecule is CCOc1c(CC)nn(C)c(=O)c1-c1ccccc1C. The van der Waals surface area contributed by atoms with Crippen LogP contribution in [0, 0.1) is 6.92 Å². The summed E-state index contributed by atoms with van der Waals surface area (Å²) in [5.74, 6) is 0.618. The van der Waals surface area contributed by atoms with Crippen molar-refractivity contribution in [2.75, 3.05) is 6.61 Å². The Balaban J connectivity index is 2.82. The summed E-state index contributed by atoms with van der Waals surface area (Å²) < 4.78 is 7.12. The molecule has 0 atom stereocenters. The molecule has 0 saturated heterocycles. The van der Waals surface area contributed by atoms with E-state index in [1.165, 1.54) is 4.68 Å². The van der Waals surface area contributed by atoms with Crippen LogP contribution in [0.5, 0.6) is 5.75 Å². The minimum absolute atomic E-state index is 0.125. The van der Waals surface area contributed by atoms with Gasteiger partial charge in [0.2, 0.25) is 0 Å². The number of benzene rings is 1. The van der Waals surface area contributed by atoms with E-state index >= 15 is 0 Å². The Labute approximate surface area is 119 Å². The normalized spacial score (nSPS) is 10.6. The maximum atomic E-state index is 12.5. The summed E-state index contributed by atoms with van der Waals surface area (Å²) >= 11 is 0. The molecule has 0 unspecified atom stereocenters. The van der Waals surface area contributed by atoms with E-state index in [-0.39, 0.29) is 5.56 Å². The molecule has 0 N–H and O–H groups in total. The number of hydrogen-bond donors (Lipinski definition) is 0. The second-order valence-corrected chi connectivity index (χ2v) is 4.68. The molecule has 1 heterocycles. The first-order chi connectivity index (χ1) is 9.60. The van der Waals surface area contributed by atoms with Gasteiger partial charge in [0.05, 0.1) is 12.2 Å². The lowest BCUT2D eigenvalue weighted by Gasteiger charge is -2.15. The Bertz CT molecular complexity index is 675. The van der Waals surface area contributed by atoms with Crippen molar-refractivity contribution in [2.24, 2.45) is 7.05 Å². The van der Waals surface area contributed by atoms with Crippen molar-refractivity contribution in [3.05, 3.63) is 45.9 Å². The zero-order valence-corrected chi connectivity index (χ0v) is 12.4. The zero-order chi connectivity index (χ0) is 14.7. The van der Waals surface area contributed by atoms with Crippen LogP contribution in [-0.4, -0.2) is 16.4 Å². The van der Waals surface area contributed by atoms with Crippen LogP contribution in [0.2, 0.25) is 0 Å². The molecule has 106 valence electrons. The van der Waals surface area contributed by atoms with Crippen molar-refractivity contribution in [1.82, 2.24) is 9.78 Å². The largest absolute Gasteiger partial charge is 0.491 e. The second kappa shape index (κ2) is 5.90. The first-order valence-electron chi connectivity index (χ1n) is 6.89. The lowest BCUT2D eigenvalue weighted by Crippen LogP contribution is -2.24. The van der Waals surface area contributed by atoms with E-state index in [0.29, 0.717) is 17.9 Å². The van der Waals surface area contributed by atoms with Gasteiger partial charge in [-0.05, 0) is 31.4 Å². The standard InChI is InChI=1S/C16H20N2O2/c1-5-13-15(20-6-2)14(16(19)18(4)17-13)12-10-8-7-9-11(12)3/h7-10H,5-6H2,1-4H3. The van der Waals surface area contributed by atoms with Crippen molar-refractivity contribution in [2.45, 2.75) is 27.2 Å². The lowest BCUT2D eigenvalue weighted by molar-refractivity contribution is 0.333. The Morgan fingerprint density at radius 2 is 1.95 bits per heavy atom. The lowest BCUT2D eigenvalue weighted by atomic mass is 10.00. The van der Waals surface area contributed by atoms with Crippen LogP contribution in [-0.2, 0) is 13.5 Å². The Morgan fingerprint density at radius 3 is 2.55 bits per heavy atom. The minimum Gasteiger partial charge on any atom is -0.491 e. The molecule has 0 fully saturated rings. The fourth-order valence-corrected chi connectivity index (χ4v) is 2.30. The van der Waals surface area contributed by atoms with E-state index in [4.69, 9.17) is 4.74 Å². The average Bonchev–Trinajstić information content (AvgIpc) is 2.44. The van der Waals surface area contributed by atoms with Gasteiger partial charge in [0.15, 0.2) is 5.75 Å². The Hall–Kier alpha value is -2.10. The third kappa shape index (κ3) is 2.46. The third-order valence-electron chi connectivity index (χ3n) is 3.31. The fourth-order valence-electron chi connectivity index (χ4n) is 2.30. The first kappa shape index (κ1) is 14.3. The topological polar surface area (TPSA) is 44.1 Å². The van der Waals surface area contributed by atoms with Gasteiger partial charge in [-0.15, -0.1) is 0 Å². The predicted octanol–water partition coefficient (Wildman–Crippen LogP) is 2.72. The molecule has 0 amide bonds. The highest BCUT2D eigenvalue weighted by Crippen LogP contribution is 2.31. The zero-order valence-electron chi connectivity index (χ0n) is 12.4. The summed E-state index contributed by atoms with van der Waals surface area (Å²) in [6.45, 7) is 6.44. The van der Waals surface area contributed by atoms with Crippen LogP contribution >= 0.6 is 0 Å². The van der Waals surface area contributed by atoms with Crippen LogP contribution in [0.15, 0.2) is 29.1 Å². The smallest absolute Gasteiger partial charge is 0.278 e. The Morgan fingerprint density at radius 1 is 1.25 bits per heavy atom. The summed E-state index contributed by atoms with van der Waals surface area (Å²) in [5.41, 5.74) is 3.26. The number of aromatic nitrogens is 2. The average molecular weight is 272 g/mol. The van der Waals surface area contributed by atoms with Gasteiger partial charge in [-0.1, -0.05) is 31.2 Å². The second-order valence-electron chi connectivity index (χ2n) is 4.68. The maximum absolute atomic E-state index is 12.5. The summed E-state index contributed by atoms with van der Waals surface area (Å²) in [6.07, 6.45) is 0.725. The highest BCUT2D eigenvalue weighted by atomic mass is 16.5. The van der Waals surface area contributed by atoms with E-state index < -0.39 is 0 Å². The number of nitrogens with zero attached hydrogens (tertiary/aromatic N) is 2. The van der Waals surface area contributed by atoms with Gasteiger partial charge in [0.1, 0.15) is 5.69 Å². The molecule has 2 rings (SSSR count). The highest BCUT2D eigenvalue weighted by molar-refractivity contribution is 5.73. The molecule has 0 saturated carbocycles. The monoisotopic (exact) mass is 272 g/mol. The molecule has 0 spiro atoms. The van der Waals surface area contributed by atoms with Gasteiger partial charge in [0.25, 0.3) is 5.56 Å². The van der Waals surface area contributed by atoms with E-state index in [1.54, 1.807) is 7.05 Å². The van der Waals surface area contributed by atoms with E-state index in [1.807, 2.05) is 45.0 Å². The van der Waals surface area contributed by atoms with Gasteiger partial charge in [0, 0.05) is 7.05 Å². The molecule has 0 aliphatic rings. The van der Waals surface area contributed by atoms with Crippen LogP contribution < -0.4 is 10.3 Å². The van der Waals surface area contributed by atoms with Crippen LogP contribution in [0.1, 0.15) is 25.1 Å². The summed E-state index contributed by atoms with van der Waals surface area (Å²) in [5, 5.41) is 4.30. The van der Waals surface area contributed by atoms with Crippen molar-refractivity contribution >= 4 is 0 Å². The van der Waals surface area contributed by atoms with Gasteiger partial charge in [-0.3, -0.25) is 4.79 Å². The third-order valence-corrected chi connectivity index (χ3v) is 3.31. The van der Waals surface area contributed by atoms with Gasteiger partial charge in [-0.2, -0.15) is 5.10 Å². The van der Waals surface area contributed by atoms with E-state index in [2.05, 4.69) is 5.10 Å². The highest BCUT2D eigenvalue weighted by Gasteiger charge is 2.19. The van der Waals surface area contributed by atoms with Crippen molar-refractivity contribution in [3.8, 4) is 16.9 Å². The molecule has 4 nitrogen and oxygen atoms in total. The quantitative estimate of drug-likeness (QED) is 0.859. The van der Waals surface area contributed by atoms with E-state index in [9.17, 15) is 4.79 Å². The summed E-state index contributed by atoms with van der Waals surface area (Å²) in [4.78, 5) is 12.5. The van der Waals surface area contributed by atoms with Crippen molar-refractivity contribution in [3.63, 3.8) is 0 Å². The van der Waals surface area contributed by atoms with Crippen LogP contribution in [0.3, 0.4) is 0 Å². The molecule has 0 bridgehead atoms. The summed E-state index contributed by atoms with van der Waals surface area (Å²) in [7, 11) is 1.68. The molecule has 0 radical (unpaired) electrons.